The topological polar surface area (TPSA) is 66.5 Å². The van der Waals surface area contributed by atoms with Gasteiger partial charge in [0.05, 0.1) is 11.9 Å². The molecular formula is C23H23ClN2O3S2. The second-order valence-corrected chi connectivity index (χ2v) is 10.5. The number of hydrogen-bond donors (Lipinski definition) is 1. The normalized spacial score (nSPS) is 12.5. The third-order valence-electron chi connectivity index (χ3n) is 4.70. The molecule has 3 aromatic rings. The fourth-order valence-electron chi connectivity index (χ4n) is 2.99. The largest absolute Gasteiger partial charge is 0.323 e. The Labute approximate surface area is 192 Å². The lowest BCUT2D eigenvalue weighted by molar-refractivity contribution is -0.119. The second-order valence-electron chi connectivity index (χ2n) is 6.99. The summed E-state index contributed by atoms with van der Waals surface area (Å²) in [5.41, 5.74) is 2.34. The van der Waals surface area contributed by atoms with Crippen LogP contribution in [0, 0.1) is 0 Å². The monoisotopic (exact) mass is 474 g/mol. The van der Waals surface area contributed by atoms with Gasteiger partial charge in [0.1, 0.15) is 6.04 Å². The molecule has 1 N–H and O–H groups in total. The molecule has 31 heavy (non-hydrogen) atoms. The van der Waals surface area contributed by atoms with Crippen molar-refractivity contribution in [2.45, 2.75) is 16.7 Å². The van der Waals surface area contributed by atoms with Crippen molar-refractivity contribution < 1.29 is 13.2 Å². The molecule has 1 amide bonds. The third-order valence-corrected chi connectivity index (χ3v) is 7.36. The summed E-state index contributed by atoms with van der Waals surface area (Å²) in [6.07, 6.45) is 1.09. The van der Waals surface area contributed by atoms with E-state index in [2.05, 4.69) is 5.32 Å². The van der Waals surface area contributed by atoms with E-state index in [1.165, 1.54) is 7.05 Å². The Bertz CT molecular complexity index is 1140. The fraction of sp³-hybridized carbons (Fsp3) is 0.174. The first kappa shape index (κ1) is 23.3. The molecule has 3 rings (SSSR count). The molecule has 0 unspecified atom stereocenters. The first-order chi connectivity index (χ1) is 14.8. The molecule has 0 aliphatic rings. The maximum absolute atomic E-state index is 13.2. The van der Waals surface area contributed by atoms with E-state index in [0.717, 1.165) is 21.0 Å². The summed E-state index contributed by atoms with van der Waals surface area (Å²) in [4.78, 5) is 14.1. The Kier molecular flexibility index (Phi) is 7.78. The first-order valence-corrected chi connectivity index (χ1v) is 12.7. The van der Waals surface area contributed by atoms with E-state index in [4.69, 9.17) is 11.6 Å². The zero-order chi connectivity index (χ0) is 22.4. The van der Waals surface area contributed by atoms with Gasteiger partial charge in [-0.3, -0.25) is 4.79 Å². The van der Waals surface area contributed by atoms with Gasteiger partial charge in [0.2, 0.25) is 15.9 Å². The SMILES string of the molecule is CN([C@H](C(=O)Nc1ccccc1SCc1ccc(Cl)cc1)c1ccccc1)S(C)(=O)=O. The molecule has 0 fully saturated rings. The molecule has 3 aromatic carbocycles. The number of para-hydroxylation sites is 1. The van der Waals surface area contributed by atoms with Crippen LogP contribution in [0.1, 0.15) is 17.2 Å². The lowest BCUT2D eigenvalue weighted by Gasteiger charge is -2.26. The Morgan fingerprint density at radius 2 is 1.61 bits per heavy atom. The van der Waals surface area contributed by atoms with E-state index in [1.54, 1.807) is 36.0 Å². The van der Waals surface area contributed by atoms with Crippen LogP contribution in [0.15, 0.2) is 83.8 Å². The molecule has 0 spiro atoms. The molecule has 0 saturated heterocycles. The molecule has 0 bridgehead atoms. The van der Waals surface area contributed by atoms with Crippen molar-refractivity contribution in [2.75, 3.05) is 18.6 Å². The highest BCUT2D eigenvalue weighted by molar-refractivity contribution is 7.98. The van der Waals surface area contributed by atoms with Crippen molar-refractivity contribution in [1.29, 1.82) is 0 Å². The summed E-state index contributed by atoms with van der Waals surface area (Å²) in [6.45, 7) is 0. The summed E-state index contributed by atoms with van der Waals surface area (Å²) in [6, 6.07) is 23.0. The van der Waals surface area contributed by atoms with Crippen molar-refractivity contribution in [3.63, 3.8) is 0 Å². The Balaban J connectivity index is 1.83. The number of sulfonamides is 1. The minimum atomic E-state index is -3.59. The minimum Gasteiger partial charge on any atom is -0.323 e. The average Bonchev–Trinajstić information content (AvgIpc) is 2.74. The minimum absolute atomic E-state index is 0.418. The standard InChI is InChI=1S/C23H23ClN2O3S2/c1-26(31(2,28)29)22(18-8-4-3-5-9-18)23(27)25-20-10-6-7-11-21(20)30-16-17-12-14-19(24)15-13-17/h3-15,22H,16H2,1-2H3,(H,25,27)/t22-/m0/s1. The molecule has 5 nitrogen and oxygen atoms in total. The summed E-state index contributed by atoms with van der Waals surface area (Å²) < 4.78 is 25.5. The first-order valence-electron chi connectivity index (χ1n) is 9.51. The van der Waals surface area contributed by atoms with E-state index in [9.17, 15) is 13.2 Å². The van der Waals surface area contributed by atoms with Crippen molar-refractivity contribution in [3.8, 4) is 0 Å². The molecule has 0 aromatic heterocycles. The highest BCUT2D eigenvalue weighted by atomic mass is 35.5. The van der Waals surface area contributed by atoms with Crippen molar-refractivity contribution >= 4 is 45.0 Å². The highest BCUT2D eigenvalue weighted by Crippen LogP contribution is 2.32. The van der Waals surface area contributed by atoms with Crippen LogP contribution in [0.2, 0.25) is 5.02 Å². The number of benzene rings is 3. The fourth-order valence-corrected chi connectivity index (χ4v) is 4.68. The van der Waals surface area contributed by atoms with E-state index in [1.807, 2.05) is 54.6 Å². The summed E-state index contributed by atoms with van der Waals surface area (Å²) >= 11 is 7.53. The number of carbonyl (C=O) groups excluding carboxylic acids is 1. The maximum atomic E-state index is 13.2. The lowest BCUT2D eigenvalue weighted by atomic mass is 10.1. The number of nitrogens with one attached hydrogen (secondary N) is 1. The quantitative estimate of drug-likeness (QED) is 0.455. The van der Waals surface area contributed by atoms with Crippen LogP contribution >= 0.6 is 23.4 Å². The van der Waals surface area contributed by atoms with Gasteiger partial charge in [-0.2, -0.15) is 4.31 Å². The average molecular weight is 475 g/mol. The van der Waals surface area contributed by atoms with Crippen LogP contribution in [-0.2, 0) is 20.6 Å². The van der Waals surface area contributed by atoms with Crippen molar-refractivity contribution in [3.05, 3.63) is 95.0 Å². The van der Waals surface area contributed by atoms with Crippen molar-refractivity contribution in [2.24, 2.45) is 0 Å². The van der Waals surface area contributed by atoms with Gasteiger partial charge < -0.3 is 5.32 Å². The number of amides is 1. The smallest absolute Gasteiger partial charge is 0.247 e. The molecular weight excluding hydrogens is 452 g/mol. The van der Waals surface area contributed by atoms with Crippen LogP contribution < -0.4 is 5.32 Å². The van der Waals surface area contributed by atoms with E-state index in [-0.39, 0.29) is 0 Å². The number of rotatable bonds is 8. The van der Waals surface area contributed by atoms with Crippen LogP contribution in [-0.4, -0.2) is 31.9 Å². The van der Waals surface area contributed by atoms with Crippen LogP contribution in [0.3, 0.4) is 0 Å². The number of thioether (sulfide) groups is 1. The molecule has 8 heteroatoms. The van der Waals surface area contributed by atoms with Gasteiger partial charge in [0, 0.05) is 22.7 Å². The summed E-state index contributed by atoms with van der Waals surface area (Å²) in [7, 11) is -2.18. The number of hydrogen-bond acceptors (Lipinski definition) is 4. The Morgan fingerprint density at radius 1 is 1.00 bits per heavy atom. The molecule has 0 radical (unpaired) electrons. The molecule has 0 heterocycles. The lowest BCUT2D eigenvalue weighted by Crippen LogP contribution is -2.38. The summed E-state index contributed by atoms with van der Waals surface area (Å²) in [5, 5.41) is 3.60. The number of halogens is 1. The van der Waals surface area contributed by atoms with E-state index in [0.29, 0.717) is 22.0 Å². The van der Waals surface area contributed by atoms with Gasteiger partial charge in [0.25, 0.3) is 0 Å². The predicted octanol–water partition coefficient (Wildman–Crippen LogP) is 5.20. The molecule has 0 saturated carbocycles. The number of likely N-dealkylation sites (N-methyl/N-ethyl adjacent to an activating group) is 1. The zero-order valence-corrected chi connectivity index (χ0v) is 19.5. The van der Waals surface area contributed by atoms with E-state index < -0.39 is 22.0 Å². The highest BCUT2D eigenvalue weighted by Gasteiger charge is 2.31. The second kappa shape index (κ2) is 10.3. The van der Waals surface area contributed by atoms with Gasteiger partial charge in [-0.05, 0) is 35.4 Å². The number of carbonyl (C=O) groups is 1. The van der Waals surface area contributed by atoms with Gasteiger partial charge >= 0.3 is 0 Å². The summed E-state index contributed by atoms with van der Waals surface area (Å²) in [5.74, 6) is 0.286. The number of anilines is 1. The third kappa shape index (κ3) is 6.33. The number of nitrogens with zero attached hydrogens (tertiary/aromatic N) is 1. The van der Waals surface area contributed by atoms with Crippen LogP contribution in [0.5, 0.6) is 0 Å². The van der Waals surface area contributed by atoms with E-state index >= 15 is 0 Å². The Hall–Kier alpha value is -2.32. The van der Waals surface area contributed by atoms with Gasteiger partial charge in [0.15, 0.2) is 0 Å². The predicted molar refractivity (Wildman–Crippen MR) is 128 cm³/mol. The molecule has 1 atom stereocenters. The van der Waals surface area contributed by atoms with Crippen LogP contribution in [0.25, 0.3) is 0 Å². The van der Waals surface area contributed by atoms with Crippen LogP contribution in [0.4, 0.5) is 5.69 Å². The maximum Gasteiger partial charge on any atom is 0.247 e. The van der Waals surface area contributed by atoms with Crippen molar-refractivity contribution in [1.82, 2.24) is 4.31 Å². The molecule has 162 valence electrons. The molecule has 0 aliphatic carbocycles. The zero-order valence-electron chi connectivity index (χ0n) is 17.2. The van der Waals surface area contributed by atoms with Gasteiger partial charge in [-0.25, -0.2) is 8.42 Å². The Morgan fingerprint density at radius 3 is 2.26 bits per heavy atom. The van der Waals surface area contributed by atoms with Gasteiger partial charge in [-0.15, -0.1) is 11.8 Å². The molecule has 0 aliphatic heterocycles. The van der Waals surface area contributed by atoms with Gasteiger partial charge in [-0.1, -0.05) is 66.2 Å².